The van der Waals surface area contributed by atoms with E-state index >= 15 is 0 Å². The Morgan fingerprint density at radius 1 is 0.902 bits per heavy atom. The number of hydrogen-bond donors (Lipinski definition) is 5. The van der Waals surface area contributed by atoms with Gasteiger partial charge in [-0.3, -0.25) is 4.57 Å². The number of para-hydroxylation sites is 2. The SMILES string of the molecule is Nc1nc(N/N=C/c2ccc(N(c3ccccc3)c3ccccc3)cc2)nc2c1ncn2[C@@H]1O[C@H](CO)C(O)C1O. The van der Waals surface area contributed by atoms with Crippen molar-refractivity contribution >= 4 is 46.2 Å². The van der Waals surface area contributed by atoms with E-state index in [9.17, 15) is 15.3 Å². The molecule has 1 fully saturated rings. The summed E-state index contributed by atoms with van der Waals surface area (Å²) in [6.45, 7) is -0.447. The lowest BCUT2D eigenvalue weighted by Gasteiger charge is -2.25. The Labute approximate surface area is 235 Å². The molecule has 4 atom stereocenters. The van der Waals surface area contributed by atoms with Gasteiger partial charge in [0.1, 0.15) is 23.8 Å². The molecule has 5 aromatic rings. The summed E-state index contributed by atoms with van der Waals surface area (Å²) < 4.78 is 7.05. The second kappa shape index (κ2) is 11.3. The normalized spacial score (nSPS) is 20.6. The molecular formula is C29H28N8O4. The topological polar surface area (TPSA) is 167 Å². The van der Waals surface area contributed by atoms with Gasteiger partial charge in [-0.1, -0.05) is 48.5 Å². The van der Waals surface area contributed by atoms with Crippen LogP contribution in [0.15, 0.2) is 96.4 Å². The lowest BCUT2D eigenvalue weighted by molar-refractivity contribution is -0.0511. The van der Waals surface area contributed by atoms with E-state index in [1.807, 2.05) is 60.7 Å². The summed E-state index contributed by atoms with van der Waals surface area (Å²) in [5.74, 6) is 0.208. The van der Waals surface area contributed by atoms with Crippen LogP contribution in [0.25, 0.3) is 11.2 Å². The molecule has 3 heterocycles. The Morgan fingerprint density at radius 3 is 2.15 bits per heavy atom. The molecule has 3 aromatic carbocycles. The fourth-order valence-corrected chi connectivity index (χ4v) is 4.76. The highest BCUT2D eigenvalue weighted by Crippen LogP contribution is 2.34. The van der Waals surface area contributed by atoms with E-state index in [2.05, 4.69) is 54.6 Å². The average molecular weight is 553 g/mol. The number of nitrogens with one attached hydrogen (secondary N) is 1. The Kier molecular flexibility index (Phi) is 7.27. The summed E-state index contributed by atoms with van der Waals surface area (Å²) >= 11 is 0. The predicted molar refractivity (Wildman–Crippen MR) is 155 cm³/mol. The number of nitrogens with zero attached hydrogens (tertiary/aromatic N) is 6. The maximum absolute atomic E-state index is 10.4. The fourth-order valence-electron chi connectivity index (χ4n) is 4.76. The fraction of sp³-hybridized carbons (Fsp3) is 0.172. The third-order valence-corrected chi connectivity index (χ3v) is 6.80. The molecule has 41 heavy (non-hydrogen) atoms. The van der Waals surface area contributed by atoms with Crippen LogP contribution in [0.4, 0.5) is 28.8 Å². The van der Waals surface area contributed by atoms with E-state index in [1.54, 1.807) is 6.21 Å². The molecule has 1 aliphatic rings. The number of fused-ring (bicyclic) bond motifs is 1. The minimum absolute atomic E-state index is 0.101. The van der Waals surface area contributed by atoms with Gasteiger partial charge in [0.2, 0.25) is 5.95 Å². The maximum atomic E-state index is 10.4. The first-order chi connectivity index (χ1) is 20.0. The average Bonchev–Trinajstić information content (AvgIpc) is 3.55. The number of anilines is 5. The van der Waals surface area contributed by atoms with Crippen LogP contribution in [-0.2, 0) is 4.74 Å². The van der Waals surface area contributed by atoms with Crippen LogP contribution in [0.2, 0.25) is 0 Å². The van der Waals surface area contributed by atoms with Crippen LogP contribution in [0.5, 0.6) is 0 Å². The molecule has 6 rings (SSSR count). The molecule has 6 N–H and O–H groups in total. The van der Waals surface area contributed by atoms with E-state index in [0.29, 0.717) is 5.52 Å². The van der Waals surface area contributed by atoms with Crippen molar-refractivity contribution in [1.82, 2.24) is 19.5 Å². The second-order valence-electron chi connectivity index (χ2n) is 9.45. The summed E-state index contributed by atoms with van der Waals surface area (Å²) in [6, 6.07) is 28.2. The zero-order valence-corrected chi connectivity index (χ0v) is 21.8. The smallest absolute Gasteiger partial charge is 0.247 e. The summed E-state index contributed by atoms with van der Waals surface area (Å²) in [6.07, 6.45) is -1.48. The molecule has 0 bridgehead atoms. The molecule has 12 nitrogen and oxygen atoms in total. The first-order valence-electron chi connectivity index (χ1n) is 13.0. The zero-order chi connectivity index (χ0) is 28.3. The van der Waals surface area contributed by atoms with Gasteiger partial charge >= 0.3 is 0 Å². The molecule has 0 saturated carbocycles. The van der Waals surface area contributed by atoms with Crippen molar-refractivity contribution < 1.29 is 20.1 Å². The van der Waals surface area contributed by atoms with E-state index < -0.39 is 31.1 Å². The molecule has 2 aromatic heterocycles. The van der Waals surface area contributed by atoms with Crippen LogP contribution < -0.4 is 16.1 Å². The van der Waals surface area contributed by atoms with Crippen molar-refractivity contribution in [3.8, 4) is 0 Å². The Morgan fingerprint density at radius 2 is 1.54 bits per heavy atom. The quantitative estimate of drug-likeness (QED) is 0.143. The number of rotatable bonds is 8. The monoisotopic (exact) mass is 552 g/mol. The minimum atomic E-state index is -1.29. The third-order valence-electron chi connectivity index (χ3n) is 6.80. The highest BCUT2D eigenvalue weighted by Gasteiger charge is 2.44. The second-order valence-corrected chi connectivity index (χ2v) is 9.45. The summed E-state index contributed by atoms with van der Waals surface area (Å²) in [4.78, 5) is 15.0. The van der Waals surface area contributed by atoms with E-state index in [1.165, 1.54) is 10.9 Å². The number of hydrazone groups is 1. The highest BCUT2D eigenvalue weighted by molar-refractivity contribution is 5.84. The molecule has 0 amide bonds. The standard InChI is InChI=1S/C29H28N8O4/c30-26-23-27(36(17-31-23)28-25(40)24(39)22(16-38)41-28)34-29(33-26)35-32-15-18-11-13-21(14-12-18)37(19-7-3-1-4-8-19)20-9-5-2-6-10-20/h1-15,17,22,24-25,28,38-40H,16H2,(H3,30,33,34,35)/b32-15+/t22-,24?,25?,28-/m1/s1. The molecular weight excluding hydrogens is 524 g/mol. The summed E-state index contributed by atoms with van der Waals surface area (Å²) in [5.41, 5.74) is 13.4. The molecule has 0 aliphatic carbocycles. The van der Waals surface area contributed by atoms with Gasteiger partial charge in [-0.2, -0.15) is 15.1 Å². The zero-order valence-electron chi connectivity index (χ0n) is 21.8. The van der Waals surface area contributed by atoms with Gasteiger partial charge in [-0.15, -0.1) is 0 Å². The number of benzene rings is 3. The number of nitrogens with two attached hydrogens (primary N) is 1. The van der Waals surface area contributed by atoms with Crippen LogP contribution in [0.3, 0.4) is 0 Å². The van der Waals surface area contributed by atoms with Gasteiger partial charge in [-0.05, 0) is 42.0 Å². The van der Waals surface area contributed by atoms with Crippen molar-refractivity contribution in [1.29, 1.82) is 0 Å². The van der Waals surface area contributed by atoms with Crippen molar-refractivity contribution in [3.63, 3.8) is 0 Å². The lowest BCUT2D eigenvalue weighted by atomic mass is 10.1. The van der Waals surface area contributed by atoms with Crippen LogP contribution >= 0.6 is 0 Å². The molecule has 0 radical (unpaired) electrons. The molecule has 2 unspecified atom stereocenters. The molecule has 1 aliphatic heterocycles. The van der Waals surface area contributed by atoms with E-state index in [0.717, 1.165) is 22.6 Å². The first kappa shape index (κ1) is 26.3. The van der Waals surface area contributed by atoms with Gasteiger partial charge in [0.25, 0.3) is 0 Å². The number of nitrogen functional groups attached to an aromatic ring is 1. The van der Waals surface area contributed by atoms with E-state index in [4.69, 9.17) is 10.5 Å². The lowest BCUT2D eigenvalue weighted by Crippen LogP contribution is -2.33. The Bertz CT molecular complexity index is 1610. The molecule has 1 saturated heterocycles. The minimum Gasteiger partial charge on any atom is -0.394 e. The Balaban J connectivity index is 1.21. The van der Waals surface area contributed by atoms with Crippen molar-refractivity contribution in [3.05, 3.63) is 96.8 Å². The van der Waals surface area contributed by atoms with E-state index in [-0.39, 0.29) is 17.4 Å². The number of aliphatic hydroxyl groups is 3. The number of imidazole rings is 1. The highest BCUT2D eigenvalue weighted by atomic mass is 16.6. The summed E-state index contributed by atoms with van der Waals surface area (Å²) in [7, 11) is 0. The van der Waals surface area contributed by atoms with Gasteiger partial charge < -0.3 is 30.7 Å². The van der Waals surface area contributed by atoms with Crippen molar-refractivity contribution in [2.24, 2.45) is 5.10 Å². The number of ether oxygens (including phenoxy) is 1. The van der Waals surface area contributed by atoms with Crippen molar-refractivity contribution in [2.45, 2.75) is 24.5 Å². The number of hydrogen-bond acceptors (Lipinski definition) is 11. The van der Waals surface area contributed by atoms with Gasteiger partial charge in [0.15, 0.2) is 17.7 Å². The van der Waals surface area contributed by atoms with Crippen LogP contribution in [0, 0.1) is 0 Å². The molecule has 208 valence electrons. The largest absolute Gasteiger partial charge is 0.394 e. The predicted octanol–water partition coefficient (Wildman–Crippen LogP) is 2.94. The third kappa shape index (κ3) is 5.19. The number of aliphatic hydroxyl groups excluding tert-OH is 3. The Hall–Kier alpha value is -4.88. The van der Waals surface area contributed by atoms with Gasteiger partial charge in [0, 0.05) is 17.1 Å². The molecule has 0 spiro atoms. The summed E-state index contributed by atoms with van der Waals surface area (Å²) in [5, 5.41) is 34.2. The van der Waals surface area contributed by atoms with Crippen LogP contribution in [-0.4, -0.2) is 66.0 Å². The number of aromatic nitrogens is 4. The maximum Gasteiger partial charge on any atom is 0.247 e. The van der Waals surface area contributed by atoms with Crippen molar-refractivity contribution in [2.75, 3.05) is 22.7 Å². The van der Waals surface area contributed by atoms with Crippen LogP contribution in [0.1, 0.15) is 11.8 Å². The first-order valence-corrected chi connectivity index (χ1v) is 13.0. The van der Waals surface area contributed by atoms with Gasteiger partial charge in [-0.25, -0.2) is 10.4 Å². The van der Waals surface area contributed by atoms with Gasteiger partial charge in [0.05, 0.1) is 19.1 Å². The molecule has 12 heteroatoms.